The maximum Gasteiger partial charge on any atom is 0.275 e. The lowest BCUT2D eigenvalue weighted by molar-refractivity contribution is -0.116. The van der Waals surface area contributed by atoms with Gasteiger partial charge < -0.3 is 4.90 Å². The van der Waals surface area contributed by atoms with Gasteiger partial charge >= 0.3 is 0 Å². The van der Waals surface area contributed by atoms with Crippen molar-refractivity contribution in [3.05, 3.63) is 35.6 Å². The highest BCUT2D eigenvalue weighted by Crippen LogP contribution is 2.19. The lowest BCUT2D eigenvalue weighted by Gasteiger charge is -2.12. The molecule has 2 rings (SSSR count). The second-order valence-corrected chi connectivity index (χ2v) is 3.21. The number of carbonyl (C=O) groups excluding carboxylic acids is 1. The van der Waals surface area contributed by atoms with Gasteiger partial charge in [0.15, 0.2) is 0 Å². The average molecular weight is 189 g/mol. The first kappa shape index (κ1) is 8.74. The summed E-state index contributed by atoms with van der Waals surface area (Å²) in [4.78, 5) is 13.0. The molecule has 2 aliphatic rings. The summed E-state index contributed by atoms with van der Waals surface area (Å²) in [5.41, 5.74) is 1.40. The van der Waals surface area contributed by atoms with E-state index in [1.54, 1.807) is 11.9 Å². The molecular weight excluding hydrogens is 178 g/mol. The van der Waals surface area contributed by atoms with E-state index in [9.17, 15) is 4.79 Å². The molecule has 2 N–H and O–H groups in total. The zero-order valence-corrected chi connectivity index (χ0v) is 7.87. The second kappa shape index (κ2) is 3.14. The van der Waals surface area contributed by atoms with Gasteiger partial charge in [-0.15, -0.1) is 0 Å². The minimum Gasteiger partial charge on any atom is -0.310 e. The Hall–Kier alpha value is -1.84. The summed E-state index contributed by atoms with van der Waals surface area (Å²) in [5.74, 6) is -0.0754. The fourth-order valence-corrected chi connectivity index (χ4v) is 1.52. The van der Waals surface area contributed by atoms with Crippen LogP contribution >= 0.6 is 0 Å². The number of carbonyl (C=O) groups is 1. The van der Waals surface area contributed by atoms with Gasteiger partial charge in [0.05, 0.1) is 0 Å². The van der Waals surface area contributed by atoms with E-state index in [-0.39, 0.29) is 11.9 Å². The molecule has 0 saturated carbocycles. The molecule has 1 aliphatic heterocycles. The van der Waals surface area contributed by atoms with E-state index in [1.807, 2.05) is 24.3 Å². The van der Waals surface area contributed by atoms with E-state index < -0.39 is 0 Å². The second-order valence-electron chi connectivity index (χ2n) is 3.21. The molecule has 0 aromatic heterocycles. The van der Waals surface area contributed by atoms with Gasteiger partial charge in [-0.3, -0.25) is 15.5 Å². The summed E-state index contributed by atoms with van der Waals surface area (Å²) in [7, 11) is 1.71. The quantitative estimate of drug-likeness (QED) is 0.552. The van der Waals surface area contributed by atoms with Crippen LogP contribution in [-0.2, 0) is 4.79 Å². The first-order valence-electron chi connectivity index (χ1n) is 4.41. The molecule has 0 aromatic rings. The van der Waals surface area contributed by atoms with Crippen LogP contribution < -0.4 is 5.32 Å². The number of nitrogens with zero attached hydrogens (tertiary/aromatic N) is 1. The average Bonchev–Trinajstić information content (AvgIpc) is 2.43. The third-order valence-corrected chi connectivity index (χ3v) is 2.26. The molecule has 14 heavy (non-hydrogen) atoms. The van der Waals surface area contributed by atoms with Crippen LogP contribution in [0.15, 0.2) is 35.6 Å². The maximum absolute atomic E-state index is 11.5. The van der Waals surface area contributed by atoms with Crippen molar-refractivity contribution in [2.45, 2.75) is 6.42 Å². The number of nitrogens with one attached hydrogen (secondary N) is 2. The third kappa shape index (κ3) is 1.25. The normalized spacial score (nSPS) is 20.8. The Bertz CT molecular complexity index is 376. The largest absolute Gasteiger partial charge is 0.310 e. The molecule has 0 spiro atoms. The monoisotopic (exact) mass is 189 g/mol. The Kier molecular flexibility index (Phi) is 1.96. The molecule has 0 bridgehead atoms. The van der Waals surface area contributed by atoms with Crippen molar-refractivity contribution < 1.29 is 4.79 Å². The third-order valence-electron chi connectivity index (χ3n) is 2.26. The van der Waals surface area contributed by atoms with Crippen molar-refractivity contribution in [1.29, 1.82) is 5.41 Å². The van der Waals surface area contributed by atoms with Crippen molar-refractivity contribution in [1.82, 2.24) is 10.2 Å². The van der Waals surface area contributed by atoms with Crippen LogP contribution in [0.25, 0.3) is 0 Å². The summed E-state index contributed by atoms with van der Waals surface area (Å²) < 4.78 is 0. The molecule has 0 atom stereocenters. The minimum atomic E-state index is -0.205. The van der Waals surface area contributed by atoms with E-state index in [1.165, 1.54) is 0 Å². The minimum absolute atomic E-state index is 0.130. The van der Waals surface area contributed by atoms with Crippen molar-refractivity contribution in [2.24, 2.45) is 0 Å². The molecule has 1 fully saturated rings. The van der Waals surface area contributed by atoms with Crippen LogP contribution in [0.3, 0.4) is 0 Å². The van der Waals surface area contributed by atoms with Crippen LogP contribution in [0.2, 0.25) is 0 Å². The fraction of sp³-hybridized carbons (Fsp3) is 0.200. The Morgan fingerprint density at radius 1 is 1.43 bits per heavy atom. The first-order valence-corrected chi connectivity index (χ1v) is 4.41. The van der Waals surface area contributed by atoms with Crippen LogP contribution in [0.5, 0.6) is 0 Å². The molecule has 1 heterocycles. The summed E-state index contributed by atoms with van der Waals surface area (Å²) in [5, 5.41) is 9.90. The molecule has 1 saturated heterocycles. The van der Waals surface area contributed by atoms with Gasteiger partial charge in [-0.2, -0.15) is 0 Å². The highest BCUT2D eigenvalue weighted by Gasteiger charge is 2.28. The molecule has 0 aromatic carbocycles. The van der Waals surface area contributed by atoms with Crippen LogP contribution in [0.1, 0.15) is 6.42 Å². The van der Waals surface area contributed by atoms with Crippen LogP contribution in [-0.4, -0.2) is 23.8 Å². The topological polar surface area (TPSA) is 56.2 Å². The van der Waals surface area contributed by atoms with E-state index in [2.05, 4.69) is 5.32 Å². The molecule has 72 valence electrons. The predicted molar refractivity (Wildman–Crippen MR) is 53.6 cm³/mol. The van der Waals surface area contributed by atoms with Gasteiger partial charge in [0, 0.05) is 12.6 Å². The van der Waals surface area contributed by atoms with Gasteiger partial charge in [-0.05, 0) is 6.42 Å². The number of amides is 1. The van der Waals surface area contributed by atoms with Gasteiger partial charge in [-0.1, -0.05) is 24.3 Å². The molecular formula is C10H11N3O. The van der Waals surface area contributed by atoms with Gasteiger partial charge in [-0.25, -0.2) is 0 Å². The van der Waals surface area contributed by atoms with E-state index >= 15 is 0 Å². The van der Waals surface area contributed by atoms with Crippen molar-refractivity contribution in [3.8, 4) is 0 Å². The van der Waals surface area contributed by atoms with Crippen molar-refractivity contribution >= 4 is 11.9 Å². The highest BCUT2D eigenvalue weighted by atomic mass is 16.2. The summed E-state index contributed by atoms with van der Waals surface area (Å²) in [6, 6.07) is 0. The number of hydrogen-bond acceptors (Lipinski definition) is 2. The molecule has 1 aliphatic carbocycles. The Morgan fingerprint density at radius 3 is 2.57 bits per heavy atom. The molecule has 1 amide bonds. The first-order chi connectivity index (χ1) is 6.70. The number of hydrogen-bond donors (Lipinski definition) is 2. The van der Waals surface area contributed by atoms with E-state index in [0.717, 1.165) is 12.0 Å². The van der Waals surface area contributed by atoms with Crippen LogP contribution in [0.4, 0.5) is 0 Å². The van der Waals surface area contributed by atoms with E-state index in [4.69, 9.17) is 5.41 Å². The molecule has 4 heteroatoms. The van der Waals surface area contributed by atoms with E-state index in [0.29, 0.717) is 5.70 Å². The van der Waals surface area contributed by atoms with Gasteiger partial charge in [0.25, 0.3) is 5.91 Å². The lowest BCUT2D eigenvalue weighted by atomic mass is 10.1. The molecule has 0 unspecified atom stereocenters. The zero-order valence-electron chi connectivity index (χ0n) is 7.87. The van der Waals surface area contributed by atoms with Gasteiger partial charge in [0.2, 0.25) is 5.96 Å². The van der Waals surface area contributed by atoms with Crippen LogP contribution in [0, 0.1) is 5.41 Å². The number of guanidine groups is 1. The number of allylic oxidation sites excluding steroid dienone is 5. The Labute approximate surface area is 82.1 Å². The molecule has 4 nitrogen and oxygen atoms in total. The fourth-order valence-electron chi connectivity index (χ4n) is 1.52. The number of rotatable bonds is 0. The lowest BCUT2D eigenvalue weighted by Crippen LogP contribution is -2.25. The zero-order chi connectivity index (χ0) is 10.1. The standard InChI is InChI=1S/C10H11N3O/c1-13-8(9(14)12-10(13)11)7-5-3-2-4-6-7/h3-6H,2H2,1H3,(H2,11,12,14). The highest BCUT2D eigenvalue weighted by molar-refractivity contribution is 6.13. The summed E-state index contributed by atoms with van der Waals surface area (Å²) >= 11 is 0. The van der Waals surface area contributed by atoms with Gasteiger partial charge in [0.1, 0.15) is 5.70 Å². The summed E-state index contributed by atoms with van der Waals surface area (Å²) in [6.45, 7) is 0. The predicted octanol–water partition coefficient (Wildman–Crippen LogP) is 0.753. The SMILES string of the molecule is CN1C(=N)NC(=O)C1=C1C=CCC=C1. The summed E-state index contributed by atoms with van der Waals surface area (Å²) in [6.07, 6.45) is 8.70. The Balaban J connectivity index is 2.46. The smallest absolute Gasteiger partial charge is 0.275 e. The van der Waals surface area contributed by atoms with Crippen molar-refractivity contribution in [3.63, 3.8) is 0 Å². The number of likely N-dealkylation sites (N-methyl/N-ethyl adjacent to an activating group) is 1. The van der Waals surface area contributed by atoms with Crippen molar-refractivity contribution in [2.75, 3.05) is 7.05 Å². The Morgan fingerprint density at radius 2 is 2.07 bits per heavy atom. The maximum atomic E-state index is 11.5. The molecule has 0 radical (unpaired) electrons.